The van der Waals surface area contributed by atoms with Crippen LogP contribution in [-0.2, 0) is 6.54 Å². The number of hydrogen-bond donors (Lipinski definition) is 1. The first kappa shape index (κ1) is 15.4. The van der Waals surface area contributed by atoms with Crippen molar-refractivity contribution in [3.8, 4) is 0 Å². The summed E-state index contributed by atoms with van der Waals surface area (Å²) in [6, 6.07) is 3.96. The highest BCUT2D eigenvalue weighted by Gasteiger charge is 2.24. The average molecular weight is 382 g/mol. The fourth-order valence-corrected chi connectivity index (χ4v) is 3.24. The van der Waals surface area contributed by atoms with Crippen LogP contribution in [0.1, 0.15) is 15.5 Å². The van der Waals surface area contributed by atoms with Gasteiger partial charge in [-0.1, -0.05) is 0 Å². The van der Waals surface area contributed by atoms with Gasteiger partial charge in [-0.3, -0.25) is 4.79 Å². The van der Waals surface area contributed by atoms with Gasteiger partial charge in [0.2, 0.25) is 0 Å². The highest BCUT2D eigenvalue weighted by atomic mass is 79.9. The zero-order valence-electron chi connectivity index (χ0n) is 11.9. The average Bonchev–Trinajstić information content (AvgIpc) is 3.04. The predicted octanol–water partition coefficient (Wildman–Crippen LogP) is 1.72. The van der Waals surface area contributed by atoms with Gasteiger partial charge in [-0.15, -0.1) is 11.3 Å². The lowest BCUT2D eigenvalue weighted by Gasteiger charge is -2.35. The van der Waals surface area contributed by atoms with Crippen molar-refractivity contribution in [3.63, 3.8) is 0 Å². The molecule has 1 aliphatic rings. The maximum absolute atomic E-state index is 12.4. The number of nitrogens with two attached hydrogens (primary N) is 1. The number of carbonyl (C=O) groups excluding carboxylic acids is 1. The molecule has 3 heterocycles. The van der Waals surface area contributed by atoms with E-state index in [2.05, 4.69) is 30.8 Å². The summed E-state index contributed by atoms with van der Waals surface area (Å²) in [5.41, 5.74) is 6.04. The van der Waals surface area contributed by atoms with Gasteiger partial charge in [0, 0.05) is 48.8 Å². The Labute approximate surface area is 141 Å². The topological polar surface area (TPSA) is 75.3 Å². The van der Waals surface area contributed by atoms with Gasteiger partial charge in [0.15, 0.2) is 0 Å². The van der Waals surface area contributed by atoms with Crippen LogP contribution < -0.4 is 10.6 Å². The van der Waals surface area contributed by atoms with Crippen LogP contribution in [0.5, 0.6) is 0 Å². The fourth-order valence-electron chi connectivity index (χ4n) is 2.36. The van der Waals surface area contributed by atoms with Crippen LogP contribution in [0.3, 0.4) is 0 Å². The highest BCUT2D eigenvalue weighted by molar-refractivity contribution is 9.10. The molecule has 2 aromatic heterocycles. The van der Waals surface area contributed by atoms with Crippen molar-refractivity contribution in [2.75, 3.05) is 31.1 Å². The quantitative estimate of drug-likeness (QED) is 0.875. The van der Waals surface area contributed by atoms with Gasteiger partial charge >= 0.3 is 0 Å². The van der Waals surface area contributed by atoms with Crippen molar-refractivity contribution < 1.29 is 4.79 Å². The first-order chi connectivity index (χ1) is 10.7. The molecule has 3 rings (SSSR count). The van der Waals surface area contributed by atoms with Crippen molar-refractivity contribution in [1.29, 1.82) is 0 Å². The van der Waals surface area contributed by atoms with Crippen LogP contribution in [0.15, 0.2) is 28.2 Å². The Balaban J connectivity index is 1.61. The van der Waals surface area contributed by atoms with E-state index in [0.29, 0.717) is 25.3 Å². The Hall–Kier alpha value is -1.51. The van der Waals surface area contributed by atoms with E-state index in [0.717, 1.165) is 28.4 Å². The molecule has 0 spiro atoms. The number of nitrogens with zero attached hydrogens (tertiary/aromatic N) is 4. The normalized spacial score (nSPS) is 15.2. The van der Waals surface area contributed by atoms with Gasteiger partial charge < -0.3 is 15.5 Å². The molecule has 0 aromatic carbocycles. The zero-order valence-corrected chi connectivity index (χ0v) is 14.3. The molecule has 0 unspecified atom stereocenters. The van der Waals surface area contributed by atoms with E-state index >= 15 is 0 Å². The second-order valence-corrected chi connectivity index (χ2v) is 6.80. The van der Waals surface area contributed by atoms with Gasteiger partial charge in [0.25, 0.3) is 5.91 Å². The van der Waals surface area contributed by atoms with Crippen molar-refractivity contribution in [2.24, 2.45) is 5.73 Å². The van der Waals surface area contributed by atoms with Crippen molar-refractivity contribution in [2.45, 2.75) is 6.54 Å². The largest absolute Gasteiger partial charge is 0.353 e. The Morgan fingerprint density at radius 2 is 2.09 bits per heavy atom. The molecule has 1 aliphatic heterocycles. The number of thiazole rings is 1. The molecule has 2 aromatic rings. The van der Waals surface area contributed by atoms with Gasteiger partial charge in [0.05, 0.1) is 0 Å². The summed E-state index contributed by atoms with van der Waals surface area (Å²) in [6.07, 6.45) is 1.79. The SMILES string of the molecule is NCc1nc(C(=O)N2CCN(c3ccc(Br)cn3)CC2)cs1. The number of rotatable bonds is 3. The highest BCUT2D eigenvalue weighted by Crippen LogP contribution is 2.18. The molecule has 0 radical (unpaired) electrons. The molecule has 0 aliphatic carbocycles. The molecule has 0 saturated carbocycles. The maximum Gasteiger partial charge on any atom is 0.273 e. The summed E-state index contributed by atoms with van der Waals surface area (Å²) in [5.74, 6) is 0.925. The van der Waals surface area contributed by atoms with Crippen LogP contribution in [0.2, 0.25) is 0 Å². The zero-order chi connectivity index (χ0) is 15.5. The molecule has 22 heavy (non-hydrogen) atoms. The minimum absolute atomic E-state index is 0.0145. The number of pyridine rings is 1. The predicted molar refractivity (Wildman–Crippen MR) is 90.1 cm³/mol. The van der Waals surface area contributed by atoms with E-state index in [1.165, 1.54) is 11.3 Å². The molecule has 8 heteroatoms. The summed E-state index contributed by atoms with van der Waals surface area (Å²) in [5, 5.41) is 2.58. The van der Waals surface area contributed by atoms with E-state index in [1.54, 1.807) is 11.6 Å². The smallest absolute Gasteiger partial charge is 0.273 e. The minimum Gasteiger partial charge on any atom is -0.353 e. The Bertz CT molecular complexity index is 652. The van der Waals surface area contributed by atoms with Gasteiger partial charge in [-0.05, 0) is 28.1 Å². The molecule has 1 saturated heterocycles. The van der Waals surface area contributed by atoms with E-state index < -0.39 is 0 Å². The maximum atomic E-state index is 12.4. The lowest BCUT2D eigenvalue weighted by Crippen LogP contribution is -2.49. The lowest BCUT2D eigenvalue weighted by molar-refractivity contribution is 0.0741. The standard InChI is InChI=1S/C14H16BrN5OS/c15-10-1-2-12(17-8-10)19-3-5-20(6-4-19)14(21)11-9-22-13(7-16)18-11/h1-2,8-9H,3-7,16H2. The number of anilines is 1. The molecule has 2 N–H and O–H groups in total. The van der Waals surface area contributed by atoms with E-state index in [-0.39, 0.29) is 5.91 Å². The van der Waals surface area contributed by atoms with Gasteiger partial charge in [-0.25, -0.2) is 9.97 Å². The minimum atomic E-state index is -0.0145. The number of aromatic nitrogens is 2. The van der Waals surface area contributed by atoms with Gasteiger partial charge in [-0.2, -0.15) is 0 Å². The number of carbonyl (C=O) groups is 1. The summed E-state index contributed by atoms with van der Waals surface area (Å²) in [7, 11) is 0. The van der Waals surface area contributed by atoms with Crippen LogP contribution in [0.25, 0.3) is 0 Å². The van der Waals surface area contributed by atoms with Crippen LogP contribution >= 0.6 is 27.3 Å². The van der Waals surface area contributed by atoms with Crippen molar-refractivity contribution in [3.05, 3.63) is 38.9 Å². The molecule has 0 bridgehead atoms. The van der Waals surface area contributed by atoms with Crippen molar-refractivity contribution in [1.82, 2.24) is 14.9 Å². The Morgan fingerprint density at radius 1 is 1.32 bits per heavy atom. The third-order valence-corrected chi connectivity index (χ3v) is 4.89. The summed E-state index contributed by atoms with van der Waals surface area (Å²) < 4.78 is 0.962. The second kappa shape index (κ2) is 6.72. The molecule has 1 fully saturated rings. The molecular weight excluding hydrogens is 366 g/mol. The van der Waals surface area contributed by atoms with Gasteiger partial charge in [0.1, 0.15) is 16.5 Å². The molecule has 116 valence electrons. The molecule has 0 atom stereocenters. The summed E-state index contributed by atoms with van der Waals surface area (Å²) in [4.78, 5) is 25.1. The summed E-state index contributed by atoms with van der Waals surface area (Å²) >= 11 is 4.82. The van der Waals surface area contributed by atoms with Crippen LogP contribution in [0.4, 0.5) is 5.82 Å². The number of hydrogen-bond acceptors (Lipinski definition) is 6. The molecular formula is C14H16BrN5OS. The van der Waals surface area contributed by atoms with E-state index in [9.17, 15) is 4.79 Å². The van der Waals surface area contributed by atoms with Crippen LogP contribution in [0, 0.1) is 0 Å². The molecule has 1 amide bonds. The Kier molecular flexibility index (Phi) is 4.70. The van der Waals surface area contributed by atoms with E-state index in [1.807, 2.05) is 17.0 Å². The third-order valence-electron chi connectivity index (χ3n) is 3.55. The third kappa shape index (κ3) is 3.29. The summed E-state index contributed by atoms with van der Waals surface area (Å²) in [6.45, 7) is 3.27. The monoisotopic (exact) mass is 381 g/mol. The number of amides is 1. The number of piperazine rings is 1. The van der Waals surface area contributed by atoms with E-state index in [4.69, 9.17) is 5.73 Å². The second-order valence-electron chi connectivity index (χ2n) is 4.94. The fraction of sp³-hybridized carbons (Fsp3) is 0.357. The van der Waals surface area contributed by atoms with Crippen LogP contribution in [-0.4, -0.2) is 47.0 Å². The number of halogens is 1. The first-order valence-corrected chi connectivity index (χ1v) is 8.65. The first-order valence-electron chi connectivity index (χ1n) is 6.97. The Morgan fingerprint density at radius 3 is 2.68 bits per heavy atom. The van der Waals surface area contributed by atoms with Crippen molar-refractivity contribution >= 4 is 39.0 Å². The molecule has 6 nitrogen and oxygen atoms in total. The lowest BCUT2D eigenvalue weighted by atomic mass is 10.3.